The fourth-order valence-electron chi connectivity index (χ4n) is 9.84. The summed E-state index contributed by atoms with van der Waals surface area (Å²) in [5.74, 6) is 0.873. The standard InChI is InChI=1S/C64H56N3O2.Pt/c1-62(2,3)44-28-30-55(49(36-44)40-21-14-11-15-22-40)67-56-26-18-25-47(57(56)66-61(67)52-37-45(63(4,5)6)38-53(58(52)68)64(7,8)9)50-33-43(54-35-42(31-32-65-54)39-19-12-10-13-20-39)34-51-48-29-27-41-23-16-17-24-46(41)59(48)69-60(50)51;/h10-32,34-38,68H,1-9H3;/q-1;. The van der Waals surface area contributed by atoms with Gasteiger partial charge >= 0.3 is 0 Å². The Balaban J connectivity index is 0.00000567. The zero-order chi connectivity index (χ0) is 48.0. The monoisotopic (exact) mass is 1090 g/mol. The second-order valence-corrected chi connectivity index (χ2v) is 21.6. The number of phenolic OH excluding ortho intramolecular Hbond substituents is 1. The predicted molar refractivity (Wildman–Crippen MR) is 287 cm³/mol. The number of imidazole rings is 1. The van der Waals surface area contributed by atoms with Gasteiger partial charge in [0.25, 0.3) is 0 Å². The number of rotatable bonds is 6. The molecule has 11 rings (SSSR count). The van der Waals surface area contributed by atoms with E-state index < -0.39 is 0 Å². The van der Waals surface area contributed by atoms with Gasteiger partial charge in [-0.3, -0.25) is 9.55 Å². The van der Waals surface area contributed by atoms with Gasteiger partial charge in [-0.1, -0.05) is 206 Å². The third-order valence-corrected chi connectivity index (χ3v) is 13.7. The molecule has 0 unspecified atom stereocenters. The maximum Gasteiger partial charge on any atom is 0.148 e. The molecule has 0 aliphatic rings. The average molecular weight is 1090 g/mol. The molecule has 8 aromatic carbocycles. The van der Waals surface area contributed by atoms with Crippen molar-refractivity contribution < 1.29 is 30.6 Å². The average Bonchev–Trinajstić information content (AvgIpc) is 3.92. The van der Waals surface area contributed by atoms with E-state index >= 15 is 0 Å². The number of para-hydroxylation sites is 1. The fourth-order valence-corrected chi connectivity index (χ4v) is 9.84. The van der Waals surface area contributed by atoms with Gasteiger partial charge in [-0.25, -0.2) is 4.98 Å². The van der Waals surface area contributed by atoms with Crippen molar-refractivity contribution in [3.8, 4) is 67.5 Å². The van der Waals surface area contributed by atoms with Crippen LogP contribution in [0.3, 0.4) is 0 Å². The summed E-state index contributed by atoms with van der Waals surface area (Å²) in [5.41, 5.74) is 15.0. The van der Waals surface area contributed by atoms with Crippen LogP contribution in [0.5, 0.6) is 5.75 Å². The Hall–Kier alpha value is -7.07. The smallest absolute Gasteiger partial charge is 0.148 e. The first kappa shape index (κ1) is 46.6. The summed E-state index contributed by atoms with van der Waals surface area (Å²) in [6.45, 7) is 19.9. The van der Waals surface area contributed by atoms with Crippen molar-refractivity contribution in [3.05, 3.63) is 193 Å². The fraction of sp³-hybridized carbons (Fsp3) is 0.188. The first-order chi connectivity index (χ1) is 33.0. The van der Waals surface area contributed by atoms with Crippen LogP contribution < -0.4 is 0 Å². The topological polar surface area (TPSA) is 64.1 Å². The van der Waals surface area contributed by atoms with Crippen LogP contribution in [0, 0.1) is 6.07 Å². The molecule has 350 valence electrons. The maximum atomic E-state index is 12.7. The Labute approximate surface area is 425 Å². The normalized spacial score (nSPS) is 12.3. The molecule has 11 aromatic rings. The van der Waals surface area contributed by atoms with Crippen molar-refractivity contribution in [3.63, 3.8) is 0 Å². The summed E-state index contributed by atoms with van der Waals surface area (Å²) in [7, 11) is 0. The first-order valence-corrected chi connectivity index (χ1v) is 24.0. The Bertz CT molecular complexity index is 3790. The second kappa shape index (κ2) is 17.4. The molecule has 0 spiro atoms. The van der Waals surface area contributed by atoms with Crippen LogP contribution in [0.25, 0.3) is 105 Å². The zero-order valence-electron chi connectivity index (χ0n) is 41.2. The van der Waals surface area contributed by atoms with Gasteiger partial charge in [0.15, 0.2) is 0 Å². The first-order valence-electron chi connectivity index (χ1n) is 24.0. The zero-order valence-corrected chi connectivity index (χ0v) is 43.5. The molecule has 5 nitrogen and oxygen atoms in total. The number of benzene rings is 8. The van der Waals surface area contributed by atoms with Crippen molar-refractivity contribution in [2.45, 2.75) is 78.6 Å². The van der Waals surface area contributed by atoms with E-state index in [1.807, 2.05) is 12.3 Å². The summed E-state index contributed by atoms with van der Waals surface area (Å²) in [6, 6.07) is 61.5. The van der Waals surface area contributed by atoms with E-state index in [0.717, 1.165) is 105 Å². The Kier molecular flexibility index (Phi) is 11.6. The summed E-state index contributed by atoms with van der Waals surface area (Å²) in [6.07, 6.45) is 1.88. The molecule has 70 heavy (non-hydrogen) atoms. The molecular formula is C64H56N3O2Pt-. The van der Waals surface area contributed by atoms with Gasteiger partial charge in [-0.05, 0) is 85.2 Å². The molecule has 0 fully saturated rings. The third kappa shape index (κ3) is 8.14. The van der Waals surface area contributed by atoms with E-state index in [0.29, 0.717) is 11.4 Å². The number of fused-ring (bicyclic) bond motifs is 6. The van der Waals surface area contributed by atoms with Gasteiger partial charge in [0.1, 0.15) is 17.2 Å². The number of hydrogen-bond acceptors (Lipinski definition) is 4. The molecule has 0 atom stereocenters. The van der Waals surface area contributed by atoms with Gasteiger partial charge in [0.2, 0.25) is 0 Å². The second-order valence-electron chi connectivity index (χ2n) is 21.6. The molecule has 1 N–H and O–H groups in total. The Morgan fingerprint density at radius 3 is 1.93 bits per heavy atom. The number of aromatic hydroxyl groups is 1. The van der Waals surface area contributed by atoms with Crippen molar-refractivity contribution in [2.24, 2.45) is 0 Å². The molecule has 0 amide bonds. The minimum Gasteiger partial charge on any atom is -0.507 e. The molecule has 0 aliphatic heterocycles. The van der Waals surface area contributed by atoms with Gasteiger partial charge in [-0.2, -0.15) is 0 Å². The minimum absolute atomic E-state index is 0. The Morgan fingerprint density at radius 2 is 1.21 bits per heavy atom. The Morgan fingerprint density at radius 1 is 0.529 bits per heavy atom. The molecule has 0 saturated heterocycles. The van der Waals surface area contributed by atoms with Gasteiger partial charge in [-0.15, -0.1) is 12.1 Å². The van der Waals surface area contributed by atoms with Crippen LogP contribution in [0.15, 0.2) is 174 Å². The molecule has 0 radical (unpaired) electrons. The SMILES string of the molecule is CC(C)(C)c1ccc(-n2c(-c3cc(C(C)(C)C)cc(C(C)(C)C)c3O)nc3c(-c4[c-]c(-c5cc(-c6ccccc6)ccn5)cc5c4oc4c6ccccc6ccc54)cccc32)c(-c2ccccc2)c1.[Pt]. The van der Waals surface area contributed by atoms with Crippen molar-refractivity contribution in [2.75, 3.05) is 0 Å². The molecular weight excluding hydrogens is 1040 g/mol. The summed E-state index contributed by atoms with van der Waals surface area (Å²) < 4.78 is 9.38. The van der Waals surface area contributed by atoms with Crippen molar-refractivity contribution in [1.29, 1.82) is 0 Å². The quantitative estimate of drug-likeness (QED) is 0.169. The molecule has 6 heteroatoms. The van der Waals surface area contributed by atoms with Crippen molar-refractivity contribution in [1.82, 2.24) is 14.5 Å². The van der Waals surface area contributed by atoms with Crippen LogP contribution >= 0.6 is 0 Å². The molecule has 0 bridgehead atoms. The number of phenols is 1. The van der Waals surface area contributed by atoms with Crippen LogP contribution in [-0.2, 0) is 37.3 Å². The number of aromatic nitrogens is 3. The number of pyridine rings is 1. The van der Waals surface area contributed by atoms with Gasteiger partial charge < -0.3 is 9.52 Å². The number of hydrogen-bond donors (Lipinski definition) is 1. The minimum atomic E-state index is -0.357. The number of furan rings is 1. The van der Waals surface area contributed by atoms with E-state index in [-0.39, 0.29) is 43.1 Å². The van der Waals surface area contributed by atoms with Crippen LogP contribution in [0.1, 0.15) is 79.0 Å². The molecule has 3 aromatic heterocycles. The van der Waals surface area contributed by atoms with E-state index in [9.17, 15) is 5.11 Å². The van der Waals surface area contributed by atoms with E-state index in [4.69, 9.17) is 14.4 Å². The van der Waals surface area contributed by atoms with Gasteiger partial charge in [0.05, 0.1) is 27.9 Å². The van der Waals surface area contributed by atoms with Crippen molar-refractivity contribution >= 4 is 43.7 Å². The van der Waals surface area contributed by atoms with Crippen LogP contribution in [-0.4, -0.2) is 19.6 Å². The molecule has 0 saturated carbocycles. The largest absolute Gasteiger partial charge is 0.507 e. The van der Waals surface area contributed by atoms with Gasteiger partial charge in [0, 0.05) is 54.9 Å². The maximum absolute atomic E-state index is 12.7. The van der Waals surface area contributed by atoms with Crippen LogP contribution in [0.2, 0.25) is 0 Å². The number of nitrogens with zero attached hydrogens (tertiary/aromatic N) is 3. The van der Waals surface area contributed by atoms with E-state index in [1.165, 1.54) is 5.56 Å². The van der Waals surface area contributed by atoms with Crippen LogP contribution in [0.4, 0.5) is 0 Å². The van der Waals surface area contributed by atoms with E-state index in [2.05, 4.69) is 231 Å². The van der Waals surface area contributed by atoms with E-state index in [1.54, 1.807) is 0 Å². The molecule has 0 aliphatic carbocycles. The summed E-state index contributed by atoms with van der Waals surface area (Å²) in [5, 5.41) is 16.8. The summed E-state index contributed by atoms with van der Waals surface area (Å²) >= 11 is 0. The summed E-state index contributed by atoms with van der Waals surface area (Å²) in [4.78, 5) is 10.7. The molecule has 3 heterocycles. The third-order valence-electron chi connectivity index (χ3n) is 13.7. The predicted octanol–water partition coefficient (Wildman–Crippen LogP) is 17.2.